The Morgan fingerprint density at radius 3 is 2.69 bits per heavy atom. The summed E-state index contributed by atoms with van der Waals surface area (Å²) in [4.78, 5) is 14.5. The molecular weight excluding hydrogens is 561 g/mol. The highest BCUT2D eigenvalue weighted by molar-refractivity contribution is 6.33. The number of benzene rings is 3. The Morgan fingerprint density at radius 1 is 1.18 bits per heavy atom. The minimum absolute atomic E-state index is 0.0455. The summed E-state index contributed by atoms with van der Waals surface area (Å²) in [6, 6.07) is 8.04. The molecule has 202 valence electrons. The smallest absolute Gasteiger partial charge is 0.398 e. The van der Waals surface area contributed by atoms with Crippen LogP contribution in [0.3, 0.4) is 0 Å². The number of nitrogen functional groups attached to an aromatic ring is 1. The number of nitrogens with zero attached hydrogens (tertiary/aromatic N) is 2. The normalized spacial score (nSPS) is 22.6. The van der Waals surface area contributed by atoms with E-state index in [1.807, 2.05) is 0 Å². The summed E-state index contributed by atoms with van der Waals surface area (Å²) in [5.41, 5.74) is 8.04. The number of carbonyl (C=O) groups excluding carboxylic acids is 1. The number of urea groups is 1. The Labute approximate surface area is 229 Å². The second-order valence-corrected chi connectivity index (χ2v) is 10.4. The van der Waals surface area contributed by atoms with E-state index in [0.717, 1.165) is 17.7 Å². The third-order valence-electron chi connectivity index (χ3n) is 7.35. The van der Waals surface area contributed by atoms with Gasteiger partial charge in [-0.25, -0.2) is 9.18 Å². The number of nitrogens with two attached hydrogens (primary N) is 1. The summed E-state index contributed by atoms with van der Waals surface area (Å²) in [5.74, 6) is -0.918. The van der Waals surface area contributed by atoms with Crippen LogP contribution in [0.1, 0.15) is 40.3 Å². The summed E-state index contributed by atoms with van der Waals surface area (Å²) in [5, 5.41) is 18.4. The van der Waals surface area contributed by atoms with E-state index < -0.39 is 35.6 Å². The fraction of sp³-hybridized carbons (Fsp3) is 0.231. The first-order valence-corrected chi connectivity index (χ1v) is 12.5. The van der Waals surface area contributed by atoms with E-state index in [9.17, 15) is 27.5 Å². The molecule has 0 saturated carbocycles. The van der Waals surface area contributed by atoms with Crippen molar-refractivity contribution in [1.82, 2.24) is 5.32 Å². The van der Waals surface area contributed by atoms with Crippen LogP contribution >= 0.6 is 23.2 Å². The van der Waals surface area contributed by atoms with Crippen LogP contribution in [-0.2, 0) is 12.0 Å². The average Bonchev–Trinajstić information content (AvgIpc) is 3.44. The topological polar surface area (TPSA) is 103 Å². The van der Waals surface area contributed by atoms with Crippen LogP contribution in [-0.4, -0.2) is 29.6 Å². The first kappa shape index (κ1) is 25.7. The number of nitrogens with one attached hydrogen (secondary N) is 2. The monoisotopic (exact) mass is 579 g/mol. The lowest BCUT2D eigenvalue weighted by atomic mass is 9.91. The highest BCUT2D eigenvalue weighted by Crippen LogP contribution is 2.50. The van der Waals surface area contributed by atoms with Gasteiger partial charge < -0.3 is 16.2 Å². The summed E-state index contributed by atoms with van der Waals surface area (Å²) in [6.07, 6.45) is -5.50. The fourth-order valence-electron chi connectivity index (χ4n) is 5.51. The van der Waals surface area contributed by atoms with Crippen LogP contribution in [0.25, 0.3) is 0 Å². The van der Waals surface area contributed by atoms with Gasteiger partial charge >= 0.3 is 12.2 Å². The molecule has 3 aliphatic rings. The van der Waals surface area contributed by atoms with Crippen molar-refractivity contribution in [1.29, 1.82) is 0 Å². The van der Waals surface area contributed by atoms with Gasteiger partial charge in [0, 0.05) is 51.0 Å². The number of hydrazone groups is 1. The molecule has 0 saturated heterocycles. The zero-order valence-corrected chi connectivity index (χ0v) is 21.3. The number of hydrogen-bond donors (Lipinski definition) is 4. The average molecular weight is 580 g/mol. The maximum Gasteiger partial charge on any atom is 0.421 e. The zero-order valence-electron chi connectivity index (χ0n) is 19.8. The Bertz CT molecular complexity index is 1600. The molecule has 2 unspecified atom stereocenters. The molecule has 0 radical (unpaired) electrons. The molecule has 0 spiro atoms. The van der Waals surface area contributed by atoms with E-state index in [1.165, 1.54) is 4.90 Å². The first-order valence-electron chi connectivity index (χ1n) is 11.8. The Balaban J connectivity index is 1.49. The van der Waals surface area contributed by atoms with Crippen molar-refractivity contribution in [3.63, 3.8) is 0 Å². The van der Waals surface area contributed by atoms with Gasteiger partial charge in [0.2, 0.25) is 0 Å². The molecule has 39 heavy (non-hydrogen) atoms. The summed E-state index contributed by atoms with van der Waals surface area (Å²) in [6.45, 7) is 0.379. The lowest BCUT2D eigenvalue weighted by Crippen LogP contribution is -2.46. The molecule has 3 aromatic rings. The molecule has 1 aliphatic carbocycles. The number of alkyl halides is 3. The van der Waals surface area contributed by atoms with Crippen LogP contribution in [0.5, 0.6) is 0 Å². The molecule has 6 rings (SSSR count). The van der Waals surface area contributed by atoms with Crippen molar-refractivity contribution in [2.45, 2.75) is 30.7 Å². The van der Waals surface area contributed by atoms with Gasteiger partial charge in [0.1, 0.15) is 5.82 Å². The third kappa shape index (κ3) is 3.90. The number of aliphatic hydroxyl groups is 1. The molecule has 2 aliphatic heterocycles. The Morgan fingerprint density at radius 2 is 1.95 bits per heavy atom. The number of amides is 2. The molecule has 2 amide bonds. The van der Waals surface area contributed by atoms with Gasteiger partial charge in [0.05, 0.1) is 23.1 Å². The quantitative estimate of drug-likeness (QED) is 0.177. The number of halogens is 6. The molecule has 2 atom stereocenters. The minimum Gasteiger partial charge on any atom is -0.398 e. The van der Waals surface area contributed by atoms with Crippen molar-refractivity contribution < 1.29 is 27.5 Å². The molecule has 13 heteroatoms. The summed E-state index contributed by atoms with van der Waals surface area (Å²) in [7, 11) is 0. The van der Waals surface area contributed by atoms with Crippen molar-refractivity contribution in [3.8, 4) is 0 Å². The number of carbonyl (C=O) groups is 1. The second kappa shape index (κ2) is 8.73. The highest BCUT2D eigenvalue weighted by atomic mass is 35.5. The van der Waals surface area contributed by atoms with E-state index in [0.29, 0.717) is 57.3 Å². The van der Waals surface area contributed by atoms with Gasteiger partial charge in [0.15, 0.2) is 5.60 Å². The number of anilines is 3. The molecule has 0 aromatic heterocycles. The van der Waals surface area contributed by atoms with E-state index >= 15 is 0 Å². The molecule has 7 nitrogen and oxygen atoms in total. The lowest BCUT2D eigenvalue weighted by molar-refractivity contribution is -0.262. The van der Waals surface area contributed by atoms with Crippen LogP contribution < -0.4 is 21.4 Å². The summed E-state index contributed by atoms with van der Waals surface area (Å²) < 4.78 is 55.5. The van der Waals surface area contributed by atoms with Gasteiger partial charge in [-0.05, 0) is 54.4 Å². The van der Waals surface area contributed by atoms with Crippen LogP contribution in [0.4, 0.5) is 39.4 Å². The predicted molar refractivity (Wildman–Crippen MR) is 140 cm³/mol. The SMILES string of the molecule is Nc1cc(N/N=C2\CC(O)(C(F)(F)F)c3cc(F)ccc32)c2c3c1CCN3C(=O)NC2c1cc(Cl)ccc1Cl. The Hall–Kier alpha value is -3.54. The minimum atomic E-state index is -5.07. The Kier molecular flexibility index (Phi) is 5.76. The van der Waals surface area contributed by atoms with Crippen molar-refractivity contribution >= 4 is 52.0 Å². The predicted octanol–water partition coefficient (Wildman–Crippen LogP) is 5.86. The molecule has 0 bridgehead atoms. The standard InChI is InChI=1S/C26H19Cl2F4N5O2/c27-11-1-4-17(28)15(7-11)22-21-19(9-18(33)14-5-6-37(23(14)21)24(38)34-22)35-36-20-10-25(39,26(30,31)32)16-8-12(29)2-3-13(16)20/h1-4,7-9,22,35,39H,5-6,10,33H2,(H,34,38)/b36-20+. The van der Waals surface area contributed by atoms with Gasteiger partial charge in [-0.2, -0.15) is 18.3 Å². The van der Waals surface area contributed by atoms with Gasteiger partial charge in [-0.1, -0.05) is 23.2 Å². The third-order valence-corrected chi connectivity index (χ3v) is 7.93. The van der Waals surface area contributed by atoms with Crippen molar-refractivity contribution in [3.05, 3.63) is 86.1 Å². The van der Waals surface area contributed by atoms with E-state index in [-0.39, 0.29) is 17.3 Å². The molecule has 2 heterocycles. The molecular formula is C26H19Cl2F4N5O2. The first-order chi connectivity index (χ1) is 18.4. The second-order valence-electron chi connectivity index (χ2n) is 9.60. The highest BCUT2D eigenvalue weighted by Gasteiger charge is 2.60. The zero-order chi connectivity index (χ0) is 27.9. The number of rotatable bonds is 3. The molecule has 0 fully saturated rings. The van der Waals surface area contributed by atoms with Crippen LogP contribution in [0, 0.1) is 5.82 Å². The van der Waals surface area contributed by atoms with Crippen LogP contribution in [0.15, 0.2) is 47.6 Å². The fourth-order valence-corrected chi connectivity index (χ4v) is 5.91. The van der Waals surface area contributed by atoms with Gasteiger partial charge in [0.25, 0.3) is 0 Å². The van der Waals surface area contributed by atoms with E-state index in [2.05, 4.69) is 15.8 Å². The van der Waals surface area contributed by atoms with Crippen molar-refractivity contribution in [2.24, 2.45) is 5.10 Å². The van der Waals surface area contributed by atoms with E-state index in [4.69, 9.17) is 28.9 Å². The van der Waals surface area contributed by atoms with Gasteiger partial charge in [-0.15, -0.1) is 0 Å². The van der Waals surface area contributed by atoms with E-state index in [1.54, 1.807) is 24.3 Å². The van der Waals surface area contributed by atoms with Crippen molar-refractivity contribution in [2.75, 3.05) is 22.6 Å². The van der Waals surface area contributed by atoms with Gasteiger partial charge in [-0.3, -0.25) is 10.3 Å². The number of hydrogen-bond acceptors (Lipinski definition) is 5. The summed E-state index contributed by atoms with van der Waals surface area (Å²) >= 11 is 12.7. The van der Waals surface area contributed by atoms with Crippen LogP contribution in [0.2, 0.25) is 10.0 Å². The lowest BCUT2D eigenvalue weighted by Gasteiger charge is -2.35. The number of fused-ring (bicyclic) bond motifs is 1. The maximum absolute atomic E-state index is 13.9. The largest absolute Gasteiger partial charge is 0.421 e. The molecule has 5 N–H and O–H groups in total. The maximum atomic E-state index is 13.9. The molecule has 3 aromatic carbocycles.